The van der Waals surface area contributed by atoms with Crippen molar-refractivity contribution in [2.45, 2.75) is 158 Å². The number of carboxylic acid groups (broad SMARTS) is 2. The van der Waals surface area contributed by atoms with E-state index in [2.05, 4.69) is 118 Å². The van der Waals surface area contributed by atoms with Crippen molar-refractivity contribution in [3.05, 3.63) is 139 Å². The molecule has 0 unspecified atom stereocenters. The summed E-state index contributed by atoms with van der Waals surface area (Å²) in [6, 6.07) is 19.6. The largest absolute Gasteiger partial charge is 0.507 e. The van der Waals surface area contributed by atoms with Gasteiger partial charge in [0.05, 0.1) is 11.1 Å². The molecule has 0 amide bonds. The SMILES string of the molecule is CCCCc1cc(C)cc(Cc2cc(CC)cc(C(C)(C)C)c2O)c1-c1c(C(=O)O)ccc(C(=O)O)c1-c1c(CCCC)cc(C)cc1Cc1cc(CC)cc(C(C)(C)C)c1O. The molecule has 0 bridgehead atoms. The van der Waals surface area contributed by atoms with Gasteiger partial charge in [-0.1, -0.05) is 142 Å². The average Bonchev–Trinajstić information content (AvgIpc) is 3.19. The lowest BCUT2D eigenvalue weighted by Crippen LogP contribution is -2.14. The average molecular weight is 839 g/mol. The lowest BCUT2D eigenvalue weighted by molar-refractivity contribution is 0.0682. The first-order chi connectivity index (χ1) is 29.1. The third-order valence-corrected chi connectivity index (χ3v) is 12.3. The predicted octanol–water partition coefficient (Wildman–Crippen LogP) is 14.0. The Morgan fingerprint density at radius 2 is 0.823 bits per heavy atom. The van der Waals surface area contributed by atoms with Crippen molar-refractivity contribution in [2.75, 3.05) is 0 Å². The Hall–Kier alpha value is -5.36. The number of rotatable bonds is 16. The highest BCUT2D eigenvalue weighted by Gasteiger charge is 2.31. The third kappa shape index (κ3) is 10.3. The normalized spacial score (nSPS) is 11.9. The molecule has 0 aliphatic rings. The van der Waals surface area contributed by atoms with E-state index in [0.717, 1.165) is 105 Å². The van der Waals surface area contributed by atoms with Crippen molar-refractivity contribution >= 4 is 11.9 Å². The molecular weight excluding hydrogens is 769 g/mol. The topological polar surface area (TPSA) is 115 Å². The van der Waals surface area contributed by atoms with Crippen LogP contribution in [0, 0.1) is 13.8 Å². The van der Waals surface area contributed by atoms with Gasteiger partial charge in [-0.25, -0.2) is 9.59 Å². The van der Waals surface area contributed by atoms with E-state index in [1.54, 1.807) is 0 Å². The highest BCUT2D eigenvalue weighted by Crippen LogP contribution is 2.47. The van der Waals surface area contributed by atoms with E-state index in [9.17, 15) is 30.0 Å². The van der Waals surface area contributed by atoms with E-state index in [4.69, 9.17) is 0 Å². The molecule has 330 valence electrons. The quantitative estimate of drug-likeness (QED) is 0.0787. The van der Waals surface area contributed by atoms with E-state index in [1.807, 2.05) is 13.8 Å². The van der Waals surface area contributed by atoms with Crippen LogP contribution in [-0.2, 0) is 49.4 Å². The number of aromatic carboxylic acids is 2. The maximum absolute atomic E-state index is 13.7. The fourth-order valence-corrected chi connectivity index (χ4v) is 9.16. The minimum absolute atomic E-state index is 0.0218. The highest BCUT2D eigenvalue weighted by atomic mass is 16.4. The van der Waals surface area contributed by atoms with Gasteiger partial charge in [-0.2, -0.15) is 0 Å². The van der Waals surface area contributed by atoms with Crippen LogP contribution in [0.4, 0.5) is 0 Å². The van der Waals surface area contributed by atoms with Crippen molar-refractivity contribution in [3.63, 3.8) is 0 Å². The molecule has 0 saturated carbocycles. The summed E-state index contributed by atoms with van der Waals surface area (Å²) in [6.07, 6.45) is 6.99. The molecule has 0 aliphatic carbocycles. The second kappa shape index (κ2) is 19.4. The summed E-state index contributed by atoms with van der Waals surface area (Å²) < 4.78 is 0. The Bertz CT molecular complexity index is 2300. The Morgan fingerprint density at radius 3 is 1.11 bits per heavy atom. The van der Waals surface area contributed by atoms with Gasteiger partial charge in [-0.3, -0.25) is 0 Å². The second-order valence-corrected chi connectivity index (χ2v) is 19.5. The van der Waals surface area contributed by atoms with Gasteiger partial charge >= 0.3 is 11.9 Å². The zero-order chi connectivity index (χ0) is 45.8. The van der Waals surface area contributed by atoms with Crippen LogP contribution in [0.2, 0.25) is 0 Å². The van der Waals surface area contributed by atoms with Gasteiger partial charge in [-0.15, -0.1) is 0 Å². The fraction of sp³-hybridized carbons (Fsp3) is 0.429. The molecule has 6 heteroatoms. The van der Waals surface area contributed by atoms with Gasteiger partial charge in [-0.05, 0) is 142 Å². The van der Waals surface area contributed by atoms with Crippen LogP contribution in [0.5, 0.6) is 11.5 Å². The molecule has 0 radical (unpaired) electrons. The molecule has 0 saturated heterocycles. The number of hydrogen-bond donors (Lipinski definition) is 4. The molecule has 0 atom stereocenters. The van der Waals surface area contributed by atoms with E-state index in [0.29, 0.717) is 47.9 Å². The minimum atomic E-state index is -1.15. The van der Waals surface area contributed by atoms with Crippen LogP contribution in [0.15, 0.2) is 60.7 Å². The predicted molar refractivity (Wildman–Crippen MR) is 256 cm³/mol. The summed E-state index contributed by atoms with van der Waals surface area (Å²) in [5, 5.41) is 46.4. The van der Waals surface area contributed by atoms with Crippen molar-refractivity contribution in [3.8, 4) is 33.8 Å². The summed E-state index contributed by atoms with van der Waals surface area (Å²) in [5.41, 5.74) is 12.5. The van der Waals surface area contributed by atoms with Crippen LogP contribution >= 0.6 is 0 Å². The number of phenols is 2. The molecule has 5 aromatic rings. The van der Waals surface area contributed by atoms with Gasteiger partial charge in [0.1, 0.15) is 11.5 Å². The molecular formula is C56H70O6. The lowest BCUT2D eigenvalue weighted by atomic mass is 9.76. The smallest absolute Gasteiger partial charge is 0.336 e. The summed E-state index contributed by atoms with van der Waals surface area (Å²) >= 11 is 0. The molecule has 5 rings (SSSR count). The first-order valence-electron chi connectivity index (χ1n) is 22.7. The molecule has 0 heterocycles. The number of carboxylic acids is 2. The maximum Gasteiger partial charge on any atom is 0.336 e. The monoisotopic (exact) mass is 839 g/mol. The summed E-state index contributed by atoms with van der Waals surface area (Å²) in [4.78, 5) is 27.5. The van der Waals surface area contributed by atoms with E-state index in [1.165, 1.54) is 12.1 Å². The van der Waals surface area contributed by atoms with Gasteiger partial charge in [0.15, 0.2) is 0 Å². The van der Waals surface area contributed by atoms with Crippen LogP contribution < -0.4 is 0 Å². The number of aromatic hydroxyl groups is 2. The molecule has 0 spiro atoms. The summed E-state index contributed by atoms with van der Waals surface area (Å²) in [7, 11) is 0. The van der Waals surface area contributed by atoms with Crippen LogP contribution in [-0.4, -0.2) is 32.4 Å². The Morgan fingerprint density at radius 1 is 0.484 bits per heavy atom. The van der Waals surface area contributed by atoms with Crippen molar-refractivity contribution in [2.24, 2.45) is 0 Å². The van der Waals surface area contributed by atoms with E-state index in [-0.39, 0.29) is 33.5 Å². The number of hydrogen-bond acceptors (Lipinski definition) is 4. The molecule has 0 aromatic heterocycles. The molecule has 62 heavy (non-hydrogen) atoms. The fourth-order valence-electron chi connectivity index (χ4n) is 9.16. The van der Waals surface area contributed by atoms with Crippen LogP contribution in [0.25, 0.3) is 22.3 Å². The number of carbonyl (C=O) groups is 2. The Balaban J connectivity index is 2.01. The van der Waals surface area contributed by atoms with Crippen LogP contribution in [0.3, 0.4) is 0 Å². The first kappa shape index (κ1) is 47.7. The molecule has 6 nitrogen and oxygen atoms in total. The second-order valence-electron chi connectivity index (χ2n) is 19.5. The van der Waals surface area contributed by atoms with Gasteiger partial charge in [0, 0.05) is 24.0 Å². The summed E-state index contributed by atoms with van der Waals surface area (Å²) in [6.45, 7) is 25.1. The molecule has 5 aromatic carbocycles. The standard InChI is InChI=1S/C56H70O6/c1-13-17-19-37-23-33(5)25-39(31-41-27-35(15-3)29-45(51(41)57)55(7,8)9)47(37)49-43(53(59)60)21-22-44(54(61)62)50(49)48-38(20-18-14-2)24-34(6)26-40(48)32-42-28-36(16-4)30-46(52(42)58)56(10,11)12/h21-30,57-58H,13-20,31-32H2,1-12H3,(H,59,60)(H,61,62). The number of phenolic OH excluding ortho intramolecular Hbond substituents is 2. The number of unbranched alkanes of at least 4 members (excludes halogenated alkanes) is 2. The molecule has 0 aliphatic heterocycles. The lowest BCUT2D eigenvalue weighted by Gasteiger charge is -2.27. The van der Waals surface area contributed by atoms with Gasteiger partial charge in [0.2, 0.25) is 0 Å². The summed E-state index contributed by atoms with van der Waals surface area (Å²) in [5.74, 6) is -1.85. The Labute approximate surface area is 371 Å². The van der Waals surface area contributed by atoms with Gasteiger partial charge < -0.3 is 20.4 Å². The van der Waals surface area contributed by atoms with Crippen molar-refractivity contribution in [1.29, 1.82) is 0 Å². The Kier molecular flexibility index (Phi) is 14.9. The first-order valence-corrected chi connectivity index (χ1v) is 22.7. The molecule has 0 fully saturated rings. The number of benzene rings is 5. The maximum atomic E-state index is 13.7. The van der Waals surface area contributed by atoms with Crippen LogP contribution in [0.1, 0.15) is 182 Å². The number of aryl methyl sites for hydroxylation is 6. The highest BCUT2D eigenvalue weighted by molar-refractivity contribution is 6.09. The van der Waals surface area contributed by atoms with E-state index < -0.39 is 11.9 Å². The zero-order valence-electron chi connectivity index (χ0n) is 39.4. The minimum Gasteiger partial charge on any atom is -0.507 e. The molecule has 4 N–H and O–H groups in total. The zero-order valence-corrected chi connectivity index (χ0v) is 39.4. The van der Waals surface area contributed by atoms with Crippen molar-refractivity contribution < 1.29 is 30.0 Å². The van der Waals surface area contributed by atoms with E-state index >= 15 is 0 Å². The third-order valence-electron chi connectivity index (χ3n) is 12.3. The van der Waals surface area contributed by atoms with Crippen molar-refractivity contribution in [1.82, 2.24) is 0 Å². The van der Waals surface area contributed by atoms with Gasteiger partial charge in [0.25, 0.3) is 0 Å².